The van der Waals surface area contributed by atoms with Gasteiger partial charge in [-0.25, -0.2) is 12.8 Å². The fourth-order valence-corrected chi connectivity index (χ4v) is 3.57. The summed E-state index contributed by atoms with van der Waals surface area (Å²) in [7, 11) is -0.245. The molecule has 118 valence electrons. The first-order chi connectivity index (χ1) is 10.2. The minimum Gasteiger partial charge on any atom is -0.376 e. The maximum Gasteiger partial charge on any atom is 0.262 e. The lowest BCUT2D eigenvalue weighted by atomic mass is 10.2. The third kappa shape index (κ3) is 3.39. The van der Waals surface area contributed by atoms with Gasteiger partial charge in [0.2, 0.25) is 0 Å². The molecule has 0 aliphatic heterocycles. The zero-order valence-corrected chi connectivity index (χ0v) is 13.8. The van der Waals surface area contributed by atoms with Crippen LogP contribution in [0.4, 0.5) is 15.8 Å². The van der Waals surface area contributed by atoms with E-state index in [0.717, 1.165) is 5.56 Å². The van der Waals surface area contributed by atoms with Crippen molar-refractivity contribution in [2.24, 2.45) is 0 Å². The molecule has 0 atom stereocenters. The van der Waals surface area contributed by atoms with Gasteiger partial charge in [0, 0.05) is 20.2 Å². The molecule has 0 aliphatic rings. The van der Waals surface area contributed by atoms with Gasteiger partial charge in [-0.15, -0.1) is 0 Å². The molecule has 0 unspecified atom stereocenters. The number of nitrogens with zero attached hydrogens (tertiary/aromatic N) is 1. The Morgan fingerprint density at radius 1 is 1.05 bits per heavy atom. The van der Waals surface area contributed by atoms with Crippen molar-refractivity contribution in [2.45, 2.75) is 18.7 Å². The number of rotatable bonds is 4. The summed E-state index contributed by atoms with van der Waals surface area (Å²) in [4.78, 5) is 1.91. The molecule has 0 spiro atoms. The van der Waals surface area contributed by atoms with E-state index in [-0.39, 0.29) is 10.6 Å². The Balaban J connectivity index is 2.47. The molecule has 0 saturated carbocycles. The number of halogens is 1. The topological polar surface area (TPSA) is 49.4 Å². The third-order valence-corrected chi connectivity index (χ3v) is 4.83. The minimum absolute atomic E-state index is 0.187. The summed E-state index contributed by atoms with van der Waals surface area (Å²) in [6.45, 7) is 3.63. The fourth-order valence-electron chi connectivity index (χ4n) is 2.28. The predicted molar refractivity (Wildman–Crippen MR) is 87.5 cm³/mol. The lowest BCUT2D eigenvalue weighted by Crippen LogP contribution is -2.18. The maximum atomic E-state index is 13.5. The molecule has 0 saturated heterocycles. The second-order valence-corrected chi connectivity index (χ2v) is 7.08. The van der Waals surface area contributed by atoms with Crippen molar-refractivity contribution in [1.82, 2.24) is 0 Å². The SMILES string of the molecule is Cc1ccc(S(=O)(=O)Nc2cc(F)ccc2N(C)C)c(C)c1. The van der Waals surface area contributed by atoms with E-state index in [1.165, 1.54) is 18.2 Å². The number of hydrogen-bond acceptors (Lipinski definition) is 3. The molecule has 2 aromatic rings. The summed E-state index contributed by atoms with van der Waals surface area (Å²) in [5.41, 5.74) is 2.44. The lowest BCUT2D eigenvalue weighted by molar-refractivity contribution is 0.600. The predicted octanol–water partition coefficient (Wildman–Crippen LogP) is 3.31. The van der Waals surface area contributed by atoms with E-state index < -0.39 is 15.8 Å². The van der Waals surface area contributed by atoms with Gasteiger partial charge in [-0.3, -0.25) is 4.72 Å². The van der Waals surface area contributed by atoms with E-state index >= 15 is 0 Å². The normalized spacial score (nSPS) is 11.3. The number of nitrogens with one attached hydrogen (secondary N) is 1. The standard InChI is InChI=1S/C16H19FN2O2S/c1-11-5-8-16(12(2)9-11)22(20,21)18-14-10-13(17)6-7-15(14)19(3)4/h5-10,18H,1-4H3. The molecule has 0 radical (unpaired) electrons. The summed E-state index contributed by atoms with van der Waals surface area (Å²) < 4.78 is 41.1. The molecule has 2 rings (SSSR count). The number of benzene rings is 2. The number of anilines is 2. The molecule has 0 heterocycles. The number of sulfonamides is 1. The highest BCUT2D eigenvalue weighted by molar-refractivity contribution is 7.92. The van der Waals surface area contributed by atoms with E-state index in [9.17, 15) is 12.8 Å². The van der Waals surface area contributed by atoms with Crippen LogP contribution in [0.15, 0.2) is 41.3 Å². The third-order valence-electron chi connectivity index (χ3n) is 3.30. The van der Waals surface area contributed by atoms with Crippen LogP contribution >= 0.6 is 0 Å². The first-order valence-electron chi connectivity index (χ1n) is 6.77. The number of hydrogen-bond donors (Lipinski definition) is 1. The van der Waals surface area contributed by atoms with Gasteiger partial charge in [0.05, 0.1) is 16.3 Å². The van der Waals surface area contributed by atoms with Gasteiger partial charge in [0.15, 0.2) is 0 Å². The molecular formula is C16H19FN2O2S. The summed E-state index contributed by atoms with van der Waals surface area (Å²) >= 11 is 0. The molecule has 0 aliphatic carbocycles. The summed E-state index contributed by atoms with van der Waals surface area (Å²) in [5.74, 6) is -0.496. The zero-order chi connectivity index (χ0) is 16.5. The average molecular weight is 322 g/mol. The Hall–Kier alpha value is -2.08. The largest absolute Gasteiger partial charge is 0.376 e. The Kier molecular flexibility index (Phi) is 4.42. The first kappa shape index (κ1) is 16.3. The van der Waals surface area contributed by atoms with Crippen molar-refractivity contribution in [1.29, 1.82) is 0 Å². The second-order valence-electron chi connectivity index (χ2n) is 5.43. The monoisotopic (exact) mass is 322 g/mol. The highest BCUT2D eigenvalue weighted by atomic mass is 32.2. The first-order valence-corrected chi connectivity index (χ1v) is 8.26. The Morgan fingerprint density at radius 2 is 1.73 bits per heavy atom. The van der Waals surface area contributed by atoms with Gasteiger partial charge in [-0.1, -0.05) is 17.7 Å². The van der Waals surface area contributed by atoms with Crippen molar-refractivity contribution >= 4 is 21.4 Å². The van der Waals surface area contributed by atoms with Crippen LogP contribution in [-0.2, 0) is 10.0 Å². The quantitative estimate of drug-likeness (QED) is 0.939. The Bertz CT molecular complexity index is 802. The van der Waals surface area contributed by atoms with Crippen LogP contribution in [0.5, 0.6) is 0 Å². The van der Waals surface area contributed by atoms with Gasteiger partial charge in [0.25, 0.3) is 10.0 Å². The van der Waals surface area contributed by atoms with Crippen LogP contribution in [0.25, 0.3) is 0 Å². The van der Waals surface area contributed by atoms with Crippen molar-refractivity contribution in [2.75, 3.05) is 23.7 Å². The molecule has 4 nitrogen and oxygen atoms in total. The van der Waals surface area contributed by atoms with E-state index in [1.807, 2.05) is 6.92 Å². The molecule has 6 heteroatoms. The van der Waals surface area contributed by atoms with Crippen LogP contribution in [0.1, 0.15) is 11.1 Å². The molecule has 0 bridgehead atoms. The van der Waals surface area contributed by atoms with Crippen LogP contribution in [0.2, 0.25) is 0 Å². The van der Waals surface area contributed by atoms with Gasteiger partial charge >= 0.3 is 0 Å². The highest BCUT2D eigenvalue weighted by Crippen LogP contribution is 2.28. The Morgan fingerprint density at radius 3 is 2.32 bits per heavy atom. The highest BCUT2D eigenvalue weighted by Gasteiger charge is 2.19. The van der Waals surface area contributed by atoms with Gasteiger partial charge < -0.3 is 4.90 Å². The van der Waals surface area contributed by atoms with Crippen LogP contribution in [0.3, 0.4) is 0 Å². The lowest BCUT2D eigenvalue weighted by Gasteiger charge is -2.19. The summed E-state index contributed by atoms with van der Waals surface area (Å²) in [6.07, 6.45) is 0. The summed E-state index contributed by atoms with van der Waals surface area (Å²) in [6, 6.07) is 9.10. The van der Waals surface area contributed by atoms with E-state index in [2.05, 4.69) is 4.72 Å². The van der Waals surface area contributed by atoms with E-state index in [4.69, 9.17) is 0 Å². The van der Waals surface area contributed by atoms with E-state index in [0.29, 0.717) is 11.3 Å². The van der Waals surface area contributed by atoms with Crippen molar-refractivity contribution in [3.05, 3.63) is 53.3 Å². The van der Waals surface area contributed by atoms with Gasteiger partial charge in [0.1, 0.15) is 5.82 Å². The Labute approximate surface area is 130 Å². The van der Waals surface area contributed by atoms with Crippen LogP contribution in [0, 0.1) is 19.7 Å². The van der Waals surface area contributed by atoms with Crippen LogP contribution < -0.4 is 9.62 Å². The van der Waals surface area contributed by atoms with Gasteiger partial charge in [-0.2, -0.15) is 0 Å². The van der Waals surface area contributed by atoms with Gasteiger partial charge in [-0.05, 0) is 37.6 Å². The molecule has 2 aromatic carbocycles. The number of aryl methyl sites for hydroxylation is 2. The molecule has 0 amide bonds. The molecule has 0 aromatic heterocycles. The second kappa shape index (κ2) is 5.96. The average Bonchev–Trinajstić information content (AvgIpc) is 2.37. The van der Waals surface area contributed by atoms with Crippen molar-refractivity contribution in [3.63, 3.8) is 0 Å². The molecular weight excluding hydrogens is 303 g/mol. The fraction of sp³-hybridized carbons (Fsp3) is 0.250. The van der Waals surface area contributed by atoms with Crippen molar-refractivity contribution in [3.8, 4) is 0 Å². The molecule has 22 heavy (non-hydrogen) atoms. The van der Waals surface area contributed by atoms with Crippen LogP contribution in [-0.4, -0.2) is 22.5 Å². The molecule has 0 fully saturated rings. The van der Waals surface area contributed by atoms with E-state index in [1.54, 1.807) is 44.1 Å². The maximum absolute atomic E-state index is 13.5. The zero-order valence-electron chi connectivity index (χ0n) is 13.0. The minimum atomic E-state index is -3.78. The summed E-state index contributed by atoms with van der Waals surface area (Å²) in [5, 5.41) is 0. The molecule has 1 N–H and O–H groups in total. The van der Waals surface area contributed by atoms with Crippen molar-refractivity contribution < 1.29 is 12.8 Å². The smallest absolute Gasteiger partial charge is 0.262 e.